The largest absolute Gasteiger partial charge is 0.299 e. The number of pyridine rings is 1. The zero-order valence-electron chi connectivity index (χ0n) is 17.6. The van der Waals surface area contributed by atoms with Crippen LogP contribution in [0, 0.1) is 12.8 Å². The molecule has 1 aromatic heterocycles. The Morgan fingerprint density at radius 1 is 0.933 bits per heavy atom. The van der Waals surface area contributed by atoms with E-state index in [4.69, 9.17) is 4.98 Å². The Morgan fingerprint density at radius 2 is 1.67 bits per heavy atom. The van der Waals surface area contributed by atoms with Gasteiger partial charge in [-0.1, -0.05) is 60.7 Å². The van der Waals surface area contributed by atoms with E-state index in [1.54, 1.807) is 0 Å². The molecule has 0 amide bonds. The van der Waals surface area contributed by atoms with Crippen molar-refractivity contribution >= 4 is 5.78 Å². The first kappa shape index (κ1) is 19.2. The fourth-order valence-corrected chi connectivity index (χ4v) is 5.48. The highest BCUT2D eigenvalue weighted by molar-refractivity contribution is 6.08. The van der Waals surface area contributed by atoms with E-state index >= 15 is 0 Å². The van der Waals surface area contributed by atoms with Gasteiger partial charge in [-0.05, 0) is 68.5 Å². The summed E-state index contributed by atoms with van der Waals surface area (Å²) in [6, 6.07) is 25.0. The molecule has 3 heteroatoms. The molecule has 1 unspecified atom stereocenters. The number of aryl methyl sites for hydroxylation is 1. The van der Waals surface area contributed by atoms with Crippen LogP contribution >= 0.6 is 0 Å². The zero-order chi connectivity index (χ0) is 20.6. The molecule has 152 valence electrons. The standard InChI is InChI=1S/C27H28N2O/c1-20-8-7-13-25(28-20)27(18-22-11-5-6-12-24(22)26(27)30)23-14-16-29(17-15-23)19-21-9-3-2-4-10-21/h2-13,23H,14-19H2,1H3. The van der Waals surface area contributed by atoms with Gasteiger partial charge in [0, 0.05) is 17.8 Å². The highest BCUT2D eigenvalue weighted by Crippen LogP contribution is 2.48. The summed E-state index contributed by atoms with van der Waals surface area (Å²) in [5, 5.41) is 0. The number of likely N-dealkylation sites (tertiary alicyclic amines) is 1. The van der Waals surface area contributed by atoms with E-state index in [1.807, 2.05) is 31.2 Å². The Bertz CT molecular complexity index is 1050. The van der Waals surface area contributed by atoms with Gasteiger partial charge in [-0.15, -0.1) is 0 Å². The van der Waals surface area contributed by atoms with Gasteiger partial charge in [-0.2, -0.15) is 0 Å². The number of benzene rings is 2. The molecule has 1 atom stereocenters. The van der Waals surface area contributed by atoms with Gasteiger partial charge in [0.25, 0.3) is 0 Å². The lowest BCUT2D eigenvalue weighted by atomic mass is 9.66. The molecule has 30 heavy (non-hydrogen) atoms. The van der Waals surface area contributed by atoms with Crippen LogP contribution in [0.25, 0.3) is 0 Å². The van der Waals surface area contributed by atoms with E-state index in [0.717, 1.165) is 55.8 Å². The van der Waals surface area contributed by atoms with Crippen molar-refractivity contribution in [3.63, 3.8) is 0 Å². The molecule has 2 aliphatic rings. The topological polar surface area (TPSA) is 33.2 Å². The Kier molecular flexibility index (Phi) is 5.00. The molecule has 5 rings (SSSR count). The Labute approximate surface area is 178 Å². The summed E-state index contributed by atoms with van der Waals surface area (Å²) >= 11 is 0. The molecular formula is C27H28N2O. The average molecular weight is 397 g/mol. The monoisotopic (exact) mass is 396 g/mol. The molecule has 0 spiro atoms. The summed E-state index contributed by atoms with van der Waals surface area (Å²) in [5.41, 5.74) is 4.86. The summed E-state index contributed by atoms with van der Waals surface area (Å²) < 4.78 is 0. The lowest BCUT2D eigenvalue weighted by molar-refractivity contribution is 0.0727. The highest BCUT2D eigenvalue weighted by atomic mass is 16.1. The maximum atomic E-state index is 13.8. The number of carbonyl (C=O) groups excluding carboxylic acids is 1. The fourth-order valence-electron chi connectivity index (χ4n) is 5.48. The van der Waals surface area contributed by atoms with Crippen LogP contribution in [0.2, 0.25) is 0 Å². The summed E-state index contributed by atoms with van der Waals surface area (Å²) in [7, 11) is 0. The number of nitrogens with zero attached hydrogens (tertiary/aromatic N) is 2. The number of fused-ring (bicyclic) bond motifs is 1. The van der Waals surface area contributed by atoms with Gasteiger partial charge in [-0.3, -0.25) is 14.7 Å². The van der Waals surface area contributed by atoms with Gasteiger partial charge < -0.3 is 0 Å². The number of piperidine rings is 1. The number of carbonyl (C=O) groups is 1. The second kappa shape index (κ2) is 7.81. The predicted molar refractivity (Wildman–Crippen MR) is 120 cm³/mol. The normalized spacial score (nSPS) is 22.2. The van der Waals surface area contributed by atoms with Crippen LogP contribution in [0.5, 0.6) is 0 Å². The minimum Gasteiger partial charge on any atom is -0.299 e. The van der Waals surface area contributed by atoms with Crippen LogP contribution in [0.3, 0.4) is 0 Å². The molecule has 2 aromatic carbocycles. The molecule has 2 heterocycles. The molecule has 1 aliphatic heterocycles. The van der Waals surface area contributed by atoms with Gasteiger partial charge in [0.05, 0.1) is 11.1 Å². The van der Waals surface area contributed by atoms with Crippen molar-refractivity contribution < 1.29 is 4.79 Å². The third kappa shape index (κ3) is 3.27. The fraction of sp³-hybridized carbons (Fsp3) is 0.333. The van der Waals surface area contributed by atoms with Crippen LogP contribution in [-0.4, -0.2) is 28.8 Å². The minimum absolute atomic E-state index is 0.276. The molecule has 3 nitrogen and oxygen atoms in total. The number of hydrogen-bond acceptors (Lipinski definition) is 3. The second-order valence-corrected chi connectivity index (χ2v) is 8.83. The molecule has 1 aliphatic carbocycles. The number of rotatable bonds is 4. The van der Waals surface area contributed by atoms with Gasteiger partial charge in [0.15, 0.2) is 5.78 Å². The second-order valence-electron chi connectivity index (χ2n) is 8.83. The van der Waals surface area contributed by atoms with Crippen LogP contribution in [-0.2, 0) is 18.4 Å². The molecule has 0 bridgehead atoms. The SMILES string of the molecule is Cc1cccc(C2(C3CCN(Cc4ccccc4)CC3)Cc3ccccc3C2=O)n1. The molecule has 3 aromatic rings. The molecule has 1 fully saturated rings. The average Bonchev–Trinajstić information content (AvgIpc) is 3.09. The van der Waals surface area contributed by atoms with E-state index < -0.39 is 5.41 Å². The maximum absolute atomic E-state index is 13.8. The van der Waals surface area contributed by atoms with Crippen LogP contribution in [0.1, 0.15) is 45.7 Å². The summed E-state index contributed by atoms with van der Waals surface area (Å²) in [6.07, 6.45) is 2.84. The van der Waals surface area contributed by atoms with Crippen LogP contribution < -0.4 is 0 Å². The predicted octanol–water partition coefficient (Wildman–Crippen LogP) is 4.98. The molecule has 0 saturated carbocycles. The lowest BCUT2D eigenvalue weighted by Gasteiger charge is -2.41. The third-order valence-electron chi connectivity index (χ3n) is 7.02. The quantitative estimate of drug-likeness (QED) is 0.624. The number of aromatic nitrogens is 1. The molecular weight excluding hydrogens is 368 g/mol. The van der Waals surface area contributed by atoms with Gasteiger partial charge in [-0.25, -0.2) is 0 Å². The minimum atomic E-state index is -0.519. The number of hydrogen-bond donors (Lipinski definition) is 0. The first-order valence-corrected chi connectivity index (χ1v) is 11.0. The van der Waals surface area contributed by atoms with Crippen molar-refractivity contribution in [1.82, 2.24) is 9.88 Å². The smallest absolute Gasteiger partial charge is 0.175 e. The number of Topliss-reactive ketones (excluding diaryl/α,β-unsaturated/α-hetero) is 1. The first-order chi connectivity index (χ1) is 14.7. The van der Waals surface area contributed by atoms with E-state index in [1.165, 1.54) is 11.1 Å². The summed E-state index contributed by atoms with van der Waals surface area (Å²) in [6.45, 7) is 5.05. The molecule has 0 N–H and O–H groups in total. The summed E-state index contributed by atoms with van der Waals surface area (Å²) in [4.78, 5) is 21.3. The molecule has 1 saturated heterocycles. The zero-order valence-corrected chi connectivity index (χ0v) is 17.6. The lowest BCUT2D eigenvalue weighted by Crippen LogP contribution is -2.47. The van der Waals surface area contributed by atoms with Gasteiger partial charge in [0.2, 0.25) is 0 Å². The first-order valence-electron chi connectivity index (χ1n) is 11.0. The van der Waals surface area contributed by atoms with Crippen molar-refractivity contribution in [2.24, 2.45) is 5.92 Å². The highest BCUT2D eigenvalue weighted by Gasteiger charge is 2.53. The van der Waals surface area contributed by atoms with Crippen molar-refractivity contribution in [2.45, 2.75) is 38.1 Å². The number of ketones is 1. The Balaban J connectivity index is 1.44. The van der Waals surface area contributed by atoms with E-state index in [0.29, 0.717) is 5.92 Å². The van der Waals surface area contributed by atoms with E-state index in [-0.39, 0.29) is 5.78 Å². The maximum Gasteiger partial charge on any atom is 0.175 e. The van der Waals surface area contributed by atoms with Crippen molar-refractivity contribution in [2.75, 3.05) is 13.1 Å². The van der Waals surface area contributed by atoms with Crippen LogP contribution in [0.4, 0.5) is 0 Å². The van der Waals surface area contributed by atoms with Crippen molar-refractivity contribution in [1.29, 1.82) is 0 Å². The molecule has 0 radical (unpaired) electrons. The van der Waals surface area contributed by atoms with E-state index in [2.05, 4.69) is 53.4 Å². The third-order valence-corrected chi connectivity index (χ3v) is 7.02. The Morgan fingerprint density at radius 3 is 2.40 bits per heavy atom. The Hall–Kier alpha value is -2.78. The van der Waals surface area contributed by atoms with Gasteiger partial charge >= 0.3 is 0 Å². The van der Waals surface area contributed by atoms with Crippen molar-refractivity contribution in [3.05, 3.63) is 101 Å². The van der Waals surface area contributed by atoms with E-state index in [9.17, 15) is 4.79 Å². The van der Waals surface area contributed by atoms with Crippen LogP contribution in [0.15, 0.2) is 72.8 Å². The van der Waals surface area contributed by atoms with Crippen molar-refractivity contribution in [3.8, 4) is 0 Å². The van der Waals surface area contributed by atoms with Gasteiger partial charge in [0.1, 0.15) is 0 Å². The summed E-state index contributed by atoms with van der Waals surface area (Å²) in [5.74, 6) is 0.594.